The summed E-state index contributed by atoms with van der Waals surface area (Å²) in [5, 5.41) is 20.4. The minimum Gasteiger partial charge on any atom is -0.477 e. The number of pyridine rings is 1. The number of sulfonamides is 1. The van der Waals surface area contributed by atoms with Crippen LogP contribution in [0.5, 0.6) is 0 Å². The number of thiophene rings is 1. The van der Waals surface area contributed by atoms with Crippen LogP contribution >= 0.6 is 11.3 Å². The Morgan fingerprint density at radius 3 is 2.79 bits per heavy atom. The second-order valence-corrected chi connectivity index (χ2v) is 9.80. The number of aliphatic hydroxyl groups excluding tert-OH is 1. The third kappa shape index (κ3) is 4.22. The topological polar surface area (TPSA) is 146 Å². The first-order chi connectivity index (χ1) is 13.1. The van der Waals surface area contributed by atoms with Crippen molar-refractivity contribution in [2.45, 2.75) is 38.3 Å². The van der Waals surface area contributed by atoms with Crippen LogP contribution in [0, 0.1) is 0 Å². The lowest BCUT2D eigenvalue weighted by molar-refractivity contribution is 0.0703. The van der Waals surface area contributed by atoms with Crippen molar-refractivity contribution in [3.63, 3.8) is 0 Å². The van der Waals surface area contributed by atoms with E-state index in [0.717, 1.165) is 36.0 Å². The molecule has 9 nitrogen and oxygen atoms in total. The molecule has 0 bridgehead atoms. The number of hydrogen-bond acceptors (Lipinski definition) is 8. The number of aromatic nitrogens is 1. The number of nitrogen functional groups attached to an aromatic ring is 1. The number of β-amino-alcohol motifs (C(OH)–C–C–N with tert-alkyl or cyclic N) is 1. The number of carbonyl (C=O) groups is 1. The summed E-state index contributed by atoms with van der Waals surface area (Å²) in [6, 6.07) is 1.35. The molecular formula is C17H24N4O5S2. The Balaban J connectivity index is 1.94. The largest absolute Gasteiger partial charge is 0.477 e. The van der Waals surface area contributed by atoms with Crippen LogP contribution in [-0.4, -0.2) is 61.1 Å². The van der Waals surface area contributed by atoms with Crippen LogP contribution < -0.4 is 15.4 Å². The lowest BCUT2D eigenvalue weighted by Crippen LogP contribution is -2.54. The van der Waals surface area contributed by atoms with Gasteiger partial charge in [0.15, 0.2) is 0 Å². The van der Waals surface area contributed by atoms with Gasteiger partial charge in [0, 0.05) is 18.5 Å². The van der Waals surface area contributed by atoms with E-state index in [4.69, 9.17) is 5.73 Å². The summed E-state index contributed by atoms with van der Waals surface area (Å²) in [4.78, 5) is 18.6. The molecule has 0 radical (unpaired) electrons. The molecule has 0 aliphatic carbocycles. The summed E-state index contributed by atoms with van der Waals surface area (Å²) >= 11 is 1.04. The number of aryl methyl sites for hydroxylation is 1. The summed E-state index contributed by atoms with van der Waals surface area (Å²) in [7, 11) is -3.40. The van der Waals surface area contributed by atoms with Gasteiger partial charge < -0.3 is 20.8 Å². The molecule has 1 aliphatic heterocycles. The van der Waals surface area contributed by atoms with E-state index in [9.17, 15) is 23.4 Å². The number of carboxylic acid groups (broad SMARTS) is 1. The Hall–Kier alpha value is -1.95. The number of nitrogens with zero attached hydrogens (tertiary/aromatic N) is 2. The maximum absolute atomic E-state index is 11.4. The molecule has 2 atom stereocenters. The standard InChI is InChI=1S/C17H24N4O5S2/c1-3-4-9-7-12(19-16-13(9)14(18)15(27-16)17(23)24)21-6-5-10(11(22)8-21)20-28(2,25)26/h7,10-11,20,22H,3-6,8,18H2,1-2H3,(H,23,24). The van der Waals surface area contributed by atoms with E-state index < -0.39 is 28.1 Å². The number of fused-ring (bicyclic) bond motifs is 1. The monoisotopic (exact) mass is 428 g/mol. The molecule has 11 heteroatoms. The van der Waals surface area contributed by atoms with Gasteiger partial charge in [-0.05, 0) is 24.5 Å². The highest BCUT2D eigenvalue weighted by atomic mass is 32.2. The Bertz CT molecular complexity index is 1000. The highest BCUT2D eigenvalue weighted by Gasteiger charge is 2.31. The molecule has 2 unspecified atom stereocenters. The maximum atomic E-state index is 11.4. The molecular weight excluding hydrogens is 404 g/mol. The summed E-state index contributed by atoms with van der Waals surface area (Å²) in [5.74, 6) is -0.446. The molecule has 0 amide bonds. The number of aromatic carboxylic acids is 1. The zero-order valence-electron chi connectivity index (χ0n) is 15.7. The quantitative estimate of drug-likeness (QED) is 0.533. The Kier molecular flexibility index (Phi) is 5.80. The fourth-order valence-corrected chi connectivity index (χ4v) is 5.32. The van der Waals surface area contributed by atoms with Crippen LogP contribution in [0.2, 0.25) is 0 Å². The number of nitrogens with two attached hydrogens (primary N) is 1. The van der Waals surface area contributed by atoms with Gasteiger partial charge in [-0.3, -0.25) is 0 Å². The molecule has 0 spiro atoms. The van der Waals surface area contributed by atoms with Crippen molar-refractivity contribution < 1.29 is 23.4 Å². The number of aliphatic hydroxyl groups is 1. The van der Waals surface area contributed by atoms with Crippen LogP contribution in [0.3, 0.4) is 0 Å². The molecule has 2 aromatic heterocycles. The molecule has 1 aliphatic rings. The smallest absolute Gasteiger partial charge is 0.348 e. The van der Waals surface area contributed by atoms with Crippen molar-refractivity contribution in [2.75, 3.05) is 30.0 Å². The average molecular weight is 429 g/mol. The number of rotatable bonds is 6. The number of nitrogens with one attached hydrogen (secondary N) is 1. The second-order valence-electron chi connectivity index (χ2n) is 7.02. The van der Waals surface area contributed by atoms with Gasteiger partial charge >= 0.3 is 5.97 Å². The molecule has 1 fully saturated rings. The van der Waals surface area contributed by atoms with Crippen molar-refractivity contribution in [1.29, 1.82) is 0 Å². The van der Waals surface area contributed by atoms with Gasteiger partial charge in [0.05, 0.1) is 24.1 Å². The van der Waals surface area contributed by atoms with Crippen molar-refractivity contribution >= 4 is 49.1 Å². The molecule has 3 rings (SSSR count). The van der Waals surface area contributed by atoms with Crippen LogP contribution in [0.4, 0.5) is 11.5 Å². The minimum atomic E-state index is -3.40. The predicted molar refractivity (Wildman–Crippen MR) is 110 cm³/mol. The number of piperidine rings is 1. The SMILES string of the molecule is CCCc1cc(N2CCC(NS(C)(=O)=O)C(O)C2)nc2sc(C(=O)O)c(N)c12. The minimum absolute atomic E-state index is 0.0769. The normalized spacial score (nSPS) is 20.6. The first-order valence-corrected chi connectivity index (χ1v) is 11.7. The van der Waals surface area contributed by atoms with E-state index in [1.165, 1.54) is 0 Å². The van der Waals surface area contributed by atoms with Crippen molar-refractivity contribution in [2.24, 2.45) is 0 Å². The summed E-state index contributed by atoms with van der Waals surface area (Å²) in [6.07, 6.45) is 2.21. The zero-order valence-corrected chi connectivity index (χ0v) is 17.3. The van der Waals surface area contributed by atoms with E-state index >= 15 is 0 Å². The van der Waals surface area contributed by atoms with Crippen molar-refractivity contribution in [3.05, 3.63) is 16.5 Å². The number of carboxylic acids is 1. The van der Waals surface area contributed by atoms with Gasteiger partial charge in [0.25, 0.3) is 0 Å². The molecule has 5 N–H and O–H groups in total. The summed E-state index contributed by atoms with van der Waals surface area (Å²) in [5.41, 5.74) is 7.24. The number of anilines is 2. The average Bonchev–Trinajstić information content (AvgIpc) is 2.93. The Morgan fingerprint density at radius 2 is 2.21 bits per heavy atom. The van der Waals surface area contributed by atoms with Gasteiger partial charge in [-0.15, -0.1) is 11.3 Å². The summed E-state index contributed by atoms with van der Waals surface area (Å²) in [6.45, 7) is 2.77. The first-order valence-electron chi connectivity index (χ1n) is 8.96. The van der Waals surface area contributed by atoms with Gasteiger partial charge in [0.1, 0.15) is 15.5 Å². The molecule has 1 saturated heterocycles. The van der Waals surface area contributed by atoms with Crippen LogP contribution in [0.15, 0.2) is 6.07 Å². The first kappa shape index (κ1) is 20.8. The van der Waals surface area contributed by atoms with Crippen molar-refractivity contribution in [3.8, 4) is 0 Å². The van der Waals surface area contributed by atoms with Gasteiger partial charge in [-0.2, -0.15) is 0 Å². The molecule has 0 saturated carbocycles. The zero-order chi connectivity index (χ0) is 20.6. The van der Waals surface area contributed by atoms with Gasteiger partial charge in [-0.1, -0.05) is 13.3 Å². The molecule has 0 aromatic carbocycles. The highest BCUT2D eigenvalue weighted by molar-refractivity contribution is 7.88. The third-order valence-electron chi connectivity index (χ3n) is 4.75. The fourth-order valence-electron chi connectivity index (χ4n) is 3.52. The number of hydrogen-bond donors (Lipinski definition) is 4. The van der Waals surface area contributed by atoms with E-state index in [1.807, 2.05) is 17.9 Å². The molecule has 154 valence electrons. The summed E-state index contributed by atoms with van der Waals surface area (Å²) < 4.78 is 25.3. The van der Waals surface area contributed by atoms with Gasteiger partial charge in [-0.25, -0.2) is 22.9 Å². The van der Waals surface area contributed by atoms with E-state index in [2.05, 4.69) is 9.71 Å². The lowest BCUT2D eigenvalue weighted by atomic mass is 10.0. The maximum Gasteiger partial charge on any atom is 0.348 e. The molecule has 3 heterocycles. The van der Waals surface area contributed by atoms with Crippen LogP contribution in [-0.2, 0) is 16.4 Å². The fraction of sp³-hybridized carbons (Fsp3) is 0.529. The Morgan fingerprint density at radius 1 is 1.50 bits per heavy atom. The van der Waals surface area contributed by atoms with Crippen LogP contribution in [0.25, 0.3) is 10.2 Å². The van der Waals surface area contributed by atoms with Gasteiger partial charge in [0.2, 0.25) is 10.0 Å². The third-order valence-corrected chi connectivity index (χ3v) is 6.57. The van der Waals surface area contributed by atoms with E-state index in [-0.39, 0.29) is 17.1 Å². The highest BCUT2D eigenvalue weighted by Crippen LogP contribution is 2.37. The second kappa shape index (κ2) is 7.82. The predicted octanol–water partition coefficient (Wildman–Crippen LogP) is 1.02. The van der Waals surface area contributed by atoms with Crippen molar-refractivity contribution in [1.82, 2.24) is 9.71 Å². The molecule has 28 heavy (non-hydrogen) atoms. The van der Waals surface area contributed by atoms with E-state index in [0.29, 0.717) is 29.0 Å². The van der Waals surface area contributed by atoms with Crippen LogP contribution in [0.1, 0.15) is 35.0 Å². The van der Waals surface area contributed by atoms with E-state index in [1.54, 1.807) is 0 Å². The Labute approximate surface area is 167 Å². The lowest BCUT2D eigenvalue weighted by Gasteiger charge is -2.36. The molecule has 2 aromatic rings.